The molecule has 1 aliphatic carbocycles. The third kappa shape index (κ3) is 3.68. The summed E-state index contributed by atoms with van der Waals surface area (Å²) >= 11 is 3.89. The Morgan fingerprint density at radius 1 is 0.566 bits per heavy atom. The van der Waals surface area contributed by atoms with Crippen molar-refractivity contribution in [1.82, 2.24) is 0 Å². The minimum atomic E-state index is 0.0453. The number of rotatable bonds is 1. The molecule has 246 valence electrons. The fraction of sp³-hybridized carbons (Fsp3) is 0.0612. The maximum atomic E-state index is 2.75. The molecule has 0 bridgehead atoms. The van der Waals surface area contributed by atoms with Gasteiger partial charge in [-0.2, -0.15) is 0 Å². The number of thiophene rings is 2. The monoisotopic (exact) mass is 707 g/mol. The van der Waals surface area contributed by atoms with Crippen molar-refractivity contribution in [3.63, 3.8) is 0 Å². The maximum Gasteiger partial charge on any atom is 0.329 e. The van der Waals surface area contributed by atoms with Gasteiger partial charge in [0.1, 0.15) is 0 Å². The third-order valence-corrected chi connectivity index (χ3v) is 14.9. The van der Waals surface area contributed by atoms with E-state index >= 15 is 0 Å². The zero-order chi connectivity index (χ0) is 34.5. The summed E-state index contributed by atoms with van der Waals surface area (Å²) in [6.07, 6.45) is 1.01. The van der Waals surface area contributed by atoms with Crippen molar-refractivity contribution in [3.05, 3.63) is 168 Å². The van der Waals surface area contributed by atoms with Crippen molar-refractivity contribution in [1.29, 1.82) is 0 Å². The van der Waals surface area contributed by atoms with Crippen molar-refractivity contribution in [2.45, 2.75) is 19.3 Å². The Bertz CT molecular complexity index is 3260. The van der Waals surface area contributed by atoms with Gasteiger partial charge >= 0.3 is 6.85 Å². The van der Waals surface area contributed by atoms with Crippen LogP contribution in [0.5, 0.6) is 0 Å². The van der Waals surface area contributed by atoms with E-state index in [-0.39, 0.29) is 12.8 Å². The van der Waals surface area contributed by atoms with Gasteiger partial charge in [-0.3, -0.25) is 0 Å². The van der Waals surface area contributed by atoms with Crippen LogP contribution in [-0.2, 0) is 6.42 Å². The van der Waals surface area contributed by atoms with Crippen LogP contribution < -0.4 is 15.7 Å². The van der Waals surface area contributed by atoms with E-state index in [2.05, 4.69) is 157 Å². The smallest absolute Gasteiger partial charge is 0.329 e. The van der Waals surface area contributed by atoms with E-state index in [0.717, 1.165) is 6.42 Å². The summed E-state index contributed by atoms with van der Waals surface area (Å²) in [6.45, 7) is 2.36. The number of aryl methyl sites for hydroxylation is 1. The van der Waals surface area contributed by atoms with Gasteiger partial charge in [-0.25, -0.2) is 0 Å². The summed E-state index contributed by atoms with van der Waals surface area (Å²) in [5.41, 5.74) is 17.0. The molecular weight excluding hydrogens is 677 g/mol. The molecule has 0 saturated heterocycles. The molecule has 53 heavy (non-hydrogen) atoms. The van der Waals surface area contributed by atoms with Crippen molar-refractivity contribution < 1.29 is 0 Å². The highest BCUT2D eigenvalue weighted by Gasteiger charge is 2.48. The van der Waals surface area contributed by atoms with E-state index in [0.29, 0.717) is 0 Å². The molecule has 0 N–H and O–H groups in total. The van der Waals surface area contributed by atoms with Crippen molar-refractivity contribution in [2.24, 2.45) is 0 Å². The summed E-state index contributed by atoms with van der Waals surface area (Å²) < 4.78 is 5.44. The molecule has 4 heteroatoms. The quantitative estimate of drug-likeness (QED) is 0.154. The van der Waals surface area contributed by atoms with Crippen LogP contribution >= 0.6 is 22.7 Å². The third-order valence-electron chi connectivity index (χ3n) is 12.5. The number of hydrogen-bond acceptors (Lipinski definition) is 3. The van der Waals surface area contributed by atoms with Crippen molar-refractivity contribution in [3.8, 4) is 22.3 Å². The van der Waals surface area contributed by atoms with E-state index < -0.39 is 0 Å². The topological polar surface area (TPSA) is 3.24 Å². The summed E-state index contributed by atoms with van der Waals surface area (Å²) in [5.74, 6) is 0.287. The average Bonchev–Trinajstić information content (AvgIpc) is 3.78. The van der Waals surface area contributed by atoms with Gasteiger partial charge in [0.15, 0.2) is 0 Å². The van der Waals surface area contributed by atoms with Crippen LogP contribution in [0.25, 0.3) is 73.4 Å². The van der Waals surface area contributed by atoms with Gasteiger partial charge in [-0.05, 0) is 92.7 Å². The molecule has 4 heterocycles. The Balaban J connectivity index is 1.19. The van der Waals surface area contributed by atoms with Crippen LogP contribution in [0.4, 0.5) is 11.4 Å². The lowest BCUT2D eigenvalue weighted by Gasteiger charge is -2.46. The highest BCUT2D eigenvalue weighted by atomic mass is 32.1. The molecule has 0 spiro atoms. The Hall–Kier alpha value is -5.68. The van der Waals surface area contributed by atoms with Crippen LogP contribution in [-0.4, -0.2) is 6.85 Å². The van der Waals surface area contributed by atoms with Gasteiger partial charge in [-0.15, -0.1) is 22.7 Å². The zero-order valence-corrected chi connectivity index (χ0v) is 30.6. The molecule has 10 aromatic rings. The van der Waals surface area contributed by atoms with Crippen molar-refractivity contribution in [2.75, 3.05) is 4.81 Å². The highest BCUT2D eigenvalue weighted by Crippen LogP contribution is 2.54. The molecule has 0 fully saturated rings. The van der Waals surface area contributed by atoms with E-state index in [1.165, 1.54) is 118 Å². The first-order chi connectivity index (χ1) is 26.2. The van der Waals surface area contributed by atoms with Gasteiger partial charge in [-0.1, -0.05) is 127 Å². The lowest BCUT2D eigenvalue weighted by atomic mass is 9.39. The molecule has 13 rings (SSSR count). The molecule has 3 aliphatic rings. The molecule has 1 atom stereocenters. The number of fused-ring (bicyclic) bond motifs is 15. The zero-order valence-electron chi connectivity index (χ0n) is 29.0. The number of hydrogen-bond donors (Lipinski definition) is 0. The Morgan fingerprint density at radius 2 is 1.28 bits per heavy atom. The molecule has 0 saturated carbocycles. The first-order valence-corrected chi connectivity index (χ1v) is 20.3. The predicted octanol–water partition coefficient (Wildman–Crippen LogP) is 12.5. The van der Waals surface area contributed by atoms with E-state index in [4.69, 9.17) is 0 Å². The molecule has 0 amide bonds. The van der Waals surface area contributed by atoms with Crippen LogP contribution in [0.15, 0.2) is 146 Å². The van der Waals surface area contributed by atoms with E-state index in [1.54, 1.807) is 0 Å². The van der Waals surface area contributed by atoms with Crippen LogP contribution in [0.2, 0.25) is 0 Å². The fourth-order valence-corrected chi connectivity index (χ4v) is 12.9. The largest absolute Gasteiger partial charge is 0.375 e. The van der Waals surface area contributed by atoms with Gasteiger partial charge < -0.3 is 4.81 Å². The van der Waals surface area contributed by atoms with Crippen LogP contribution in [0, 0.1) is 6.92 Å². The van der Waals surface area contributed by atoms with Gasteiger partial charge in [0.25, 0.3) is 0 Å². The summed E-state index contributed by atoms with van der Waals surface area (Å²) in [4.78, 5) is 2.75. The second-order valence-electron chi connectivity index (χ2n) is 15.2. The Kier molecular flexibility index (Phi) is 5.58. The lowest BCUT2D eigenvalue weighted by Crippen LogP contribution is -2.62. The van der Waals surface area contributed by atoms with Crippen LogP contribution in [0.1, 0.15) is 28.2 Å². The number of benzene rings is 8. The van der Waals surface area contributed by atoms with E-state index in [1.807, 2.05) is 22.7 Å². The Labute approximate surface area is 315 Å². The van der Waals surface area contributed by atoms with Gasteiger partial charge in [0, 0.05) is 58.5 Å². The molecule has 8 aromatic carbocycles. The summed E-state index contributed by atoms with van der Waals surface area (Å²) in [7, 11) is 0. The molecule has 2 aromatic heterocycles. The molecule has 2 aliphatic heterocycles. The summed E-state index contributed by atoms with van der Waals surface area (Å²) in [6, 6.07) is 55.7. The minimum absolute atomic E-state index is 0.0453. The molecule has 1 nitrogen and oxygen atoms in total. The molecular formula is C49H30BNS2. The fourth-order valence-electron chi connectivity index (χ4n) is 10.4. The Morgan fingerprint density at radius 3 is 2.13 bits per heavy atom. The van der Waals surface area contributed by atoms with E-state index in [9.17, 15) is 0 Å². The van der Waals surface area contributed by atoms with Gasteiger partial charge in [0.05, 0.1) is 4.70 Å². The minimum Gasteiger partial charge on any atom is -0.375 e. The van der Waals surface area contributed by atoms with Crippen molar-refractivity contribution >= 4 is 103 Å². The maximum absolute atomic E-state index is 2.75. The number of nitrogens with zero attached hydrogens (tertiary/aromatic N) is 1. The van der Waals surface area contributed by atoms with Crippen LogP contribution in [0.3, 0.4) is 0 Å². The lowest BCUT2D eigenvalue weighted by molar-refractivity contribution is 0.802. The summed E-state index contributed by atoms with van der Waals surface area (Å²) in [5, 5.41) is 8.10. The molecule has 1 unspecified atom stereocenters. The first kappa shape index (κ1) is 28.9. The average molecular weight is 708 g/mol. The predicted molar refractivity (Wildman–Crippen MR) is 231 cm³/mol. The first-order valence-electron chi connectivity index (χ1n) is 18.6. The number of anilines is 2. The van der Waals surface area contributed by atoms with Gasteiger partial charge in [0.2, 0.25) is 0 Å². The SMILES string of the molecule is Cc1cc2c3c(c1)C1Cc4c(ccc5ccccc45)-c4cccc(c41)B3N(c1cccc3c1sc1ccccc13)c1ccc3c(sc4ccccc43)c1-2. The second kappa shape index (κ2) is 10.3. The molecule has 0 radical (unpaired) electrons. The standard InChI is InChI=1S/C49H30BNS2/c1-27-24-38-37-26-36-29-11-3-2-10-28(29)20-21-30(36)33-14-8-16-40(45(33)37)50-47(38)39(25-27)46-41(23-22-35-32-13-5-7-19-44(32)53-49(35)46)51(50)42-17-9-15-34-31-12-4-6-18-43(31)52-48(34)42/h2-25,37H,26H2,1H3. The second-order valence-corrected chi connectivity index (χ2v) is 17.3. The normalized spacial score (nSPS) is 15.3. The highest BCUT2D eigenvalue weighted by molar-refractivity contribution is 7.27.